The summed E-state index contributed by atoms with van der Waals surface area (Å²) in [5.41, 5.74) is 9.52. The summed E-state index contributed by atoms with van der Waals surface area (Å²) < 4.78 is 18.4. The topological polar surface area (TPSA) is 94.6 Å². The second-order valence-corrected chi connectivity index (χ2v) is 6.49. The van der Waals surface area contributed by atoms with Crippen molar-refractivity contribution in [1.82, 2.24) is 4.98 Å². The number of fused-ring (bicyclic) bond motifs is 1. The van der Waals surface area contributed by atoms with Gasteiger partial charge in [-0.2, -0.15) is 0 Å². The zero-order valence-electron chi connectivity index (χ0n) is 16.3. The standard InChI is InChI=1S/C22H21N3O4/c1-27-16-7-3-14(4-8-16)18-19-21(23)25(11-12-26)13-24-22(19)29-20(18)15-5-9-17(28-2)10-6-15/h3-10,13,23,26H,11-12H2,1-2H3/p+1. The van der Waals surface area contributed by atoms with Gasteiger partial charge in [-0.25, -0.2) is 4.57 Å². The number of methoxy groups -OCH3 is 2. The van der Waals surface area contributed by atoms with E-state index in [9.17, 15) is 5.11 Å². The first-order chi connectivity index (χ1) is 14.2. The molecule has 0 amide bonds. The van der Waals surface area contributed by atoms with Crippen molar-refractivity contribution < 1.29 is 23.6 Å². The molecule has 0 saturated carbocycles. The lowest BCUT2D eigenvalue weighted by Gasteiger charge is -2.07. The van der Waals surface area contributed by atoms with Crippen molar-refractivity contribution in [3.8, 4) is 33.9 Å². The van der Waals surface area contributed by atoms with Crippen LogP contribution < -0.4 is 19.8 Å². The van der Waals surface area contributed by atoms with Crippen LogP contribution in [0.1, 0.15) is 0 Å². The van der Waals surface area contributed by atoms with Gasteiger partial charge in [-0.15, -0.1) is 0 Å². The van der Waals surface area contributed by atoms with Crippen LogP contribution in [0.5, 0.6) is 11.5 Å². The molecule has 0 spiro atoms. The number of aliphatic hydroxyl groups excluding tert-OH is 1. The molecule has 0 aliphatic carbocycles. The number of anilines is 1. The second kappa shape index (κ2) is 7.81. The molecular formula is C22H22N3O4+. The Balaban J connectivity index is 1.99. The fraction of sp³-hybridized carbons (Fsp3) is 0.182. The van der Waals surface area contributed by atoms with Crippen LogP contribution in [0, 0.1) is 0 Å². The molecule has 0 aliphatic heterocycles. The van der Waals surface area contributed by atoms with Crippen LogP contribution in [0.3, 0.4) is 0 Å². The van der Waals surface area contributed by atoms with Crippen LogP contribution in [-0.4, -0.2) is 30.9 Å². The fourth-order valence-electron chi connectivity index (χ4n) is 3.34. The van der Waals surface area contributed by atoms with Gasteiger partial charge in [0.15, 0.2) is 0 Å². The lowest BCUT2D eigenvalue weighted by Crippen LogP contribution is -2.39. The molecule has 29 heavy (non-hydrogen) atoms. The average Bonchev–Trinajstić information content (AvgIpc) is 3.16. The molecule has 0 saturated heterocycles. The highest BCUT2D eigenvalue weighted by molar-refractivity contribution is 6.04. The number of hydrogen-bond donors (Lipinski definition) is 2. The normalized spacial score (nSPS) is 11.0. The zero-order valence-corrected chi connectivity index (χ0v) is 16.3. The number of aromatic nitrogens is 2. The number of hydrogen-bond acceptors (Lipinski definition) is 6. The molecule has 4 rings (SSSR count). The van der Waals surface area contributed by atoms with E-state index in [-0.39, 0.29) is 6.61 Å². The van der Waals surface area contributed by atoms with Gasteiger partial charge in [0, 0.05) is 11.1 Å². The first-order valence-corrected chi connectivity index (χ1v) is 9.16. The molecule has 3 N–H and O–H groups in total. The molecule has 4 aromatic rings. The lowest BCUT2D eigenvalue weighted by atomic mass is 9.99. The van der Waals surface area contributed by atoms with Crippen molar-refractivity contribution in [3.63, 3.8) is 0 Å². The molecular weight excluding hydrogens is 370 g/mol. The number of nitrogens with two attached hydrogens (primary N) is 1. The smallest absolute Gasteiger partial charge is 0.310 e. The highest BCUT2D eigenvalue weighted by Gasteiger charge is 2.25. The number of ether oxygens (including phenoxy) is 2. The van der Waals surface area contributed by atoms with E-state index < -0.39 is 0 Å². The van der Waals surface area contributed by atoms with Crippen LogP contribution in [-0.2, 0) is 6.54 Å². The Hall–Kier alpha value is -3.58. The van der Waals surface area contributed by atoms with E-state index in [2.05, 4.69) is 4.98 Å². The molecule has 0 bridgehead atoms. The SMILES string of the molecule is COc1ccc(-c2oc3nc[n+](CCO)c(N)c3c2-c2ccc(OC)cc2)cc1. The summed E-state index contributed by atoms with van der Waals surface area (Å²) in [7, 11) is 3.26. The number of rotatable bonds is 6. The molecule has 7 nitrogen and oxygen atoms in total. The van der Waals surface area contributed by atoms with E-state index in [1.165, 1.54) is 0 Å². The zero-order chi connectivity index (χ0) is 20.4. The molecule has 0 radical (unpaired) electrons. The number of nitrogen functional groups attached to an aromatic ring is 1. The van der Waals surface area contributed by atoms with Crippen molar-refractivity contribution in [1.29, 1.82) is 0 Å². The molecule has 0 atom stereocenters. The van der Waals surface area contributed by atoms with Crippen molar-refractivity contribution in [2.75, 3.05) is 26.6 Å². The highest BCUT2D eigenvalue weighted by Crippen LogP contribution is 2.42. The number of aliphatic hydroxyl groups is 1. The fourth-order valence-corrected chi connectivity index (χ4v) is 3.34. The predicted octanol–water partition coefficient (Wildman–Crippen LogP) is 3.04. The van der Waals surface area contributed by atoms with Gasteiger partial charge < -0.3 is 24.7 Å². The first-order valence-electron chi connectivity index (χ1n) is 9.16. The Morgan fingerprint density at radius 3 is 2.10 bits per heavy atom. The maximum atomic E-state index is 9.34. The molecule has 0 aliphatic rings. The minimum atomic E-state index is -0.0386. The quantitative estimate of drug-likeness (QED) is 0.490. The van der Waals surface area contributed by atoms with Crippen LogP contribution in [0.2, 0.25) is 0 Å². The first kappa shape index (κ1) is 18.8. The summed E-state index contributed by atoms with van der Waals surface area (Å²) in [6.45, 7) is 0.309. The largest absolute Gasteiger partial charge is 0.497 e. The minimum Gasteiger partial charge on any atom is -0.497 e. The van der Waals surface area contributed by atoms with Gasteiger partial charge in [0.2, 0.25) is 12.1 Å². The van der Waals surface area contributed by atoms with E-state index in [0.29, 0.717) is 29.2 Å². The summed E-state index contributed by atoms with van der Waals surface area (Å²) in [6.07, 6.45) is 1.58. The van der Waals surface area contributed by atoms with E-state index in [4.69, 9.17) is 19.6 Å². The predicted molar refractivity (Wildman–Crippen MR) is 110 cm³/mol. The summed E-state index contributed by atoms with van der Waals surface area (Å²) in [5, 5.41) is 10.0. The summed E-state index contributed by atoms with van der Waals surface area (Å²) in [6, 6.07) is 15.3. The maximum absolute atomic E-state index is 9.34. The lowest BCUT2D eigenvalue weighted by molar-refractivity contribution is -0.685. The van der Waals surface area contributed by atoms with Gasteiger partial charge in [-0.05, 0) is 42.0 Å². The van der Waals surface area contributed by atoms with Gasteiger partial charge in [0.05, 0.1) is 27.4 Å². The summed E-state index contributed by atoms with van der Waals surface area (Å²) in [4.78, 5) is 4.42. The van der Waals surface area contributed by atoms with E-state index in [1.807, 2.05) is 48.5 Å². The van der Waals surface area contributed by atoms with E-state index in [1.54, 1.807) is 25.1 Å². The molecule has 7 heteroatoms. The van der Waals surface area contributed by atoms with Gasteiger partial charge in [0.1, 0.15) is 22.6 Å². The van der Waals surface area contributed by atoms with Crippen molar-refractivity contribution >= 4 is 16.9 Å². The monoisotopic (exact) mass is 392 g/mol. The number of nitrogens with zero attached hydrogens (tertiary/aromatic N) is 2. The van der Waals surface area contributed by atoms with Crippen molar-refractivity contribution in [2.45, 2.75) is 6.54 Å². The van der Waals surface area contributed by atoms with Crippen LogP contribution in [0.4, 0.5) is 5.82 Å². The second-order valence-electron chi connectivity index (χ2n) is 6.49. The molecule has 0 unspecified atom stereocenters. The maximum Gasteiger partial charge on any atom is 0.310 e. The van der Waals surface area contributed by atoms with Gasteiger partial charge in [-0.3, -0.25) is 0 Å². The van der Waals surface area contributed by atoms with E-state index in [0.717, 1.165) is 28.2 Å². The van der Waals surface area contributed by atoms with Crippen LogP contribution >= 0.6 is 0 Å². The van der Waals surface area contributed by atoms with E-state index >= 15 is 0 Å². The molecule has 0 fully saturated rings. The Morgan fingerprint density at radius 1 is 0.966 bits per heavy atom. The van der Waals surface area contributed by atoms with Crippen molar-refractivity contribution in [2.24, 2.45) is 0 Å². The third-order valence-electron chi connectivity index (χ3n) is 4.84. The van der Waals surface area contributed by atoms with Crippen LogP contribution in [0.25, 0.3) is 33.6 Å². The average molecular weight is 392 g/mol. The molecule has 2 heterocycles. The molecule has 148 valence electrons. The number of furan rings is 1. The third kappa shape index (κ3) is 3.36. The summed E-state index contributed by atoms with van der Waals surface area (Å²) in [5.74, 6) is 2.66. The Kier molecular flexibility index (Phi) is 5.05. The van der Waals surface area contributed by atoms with Gasteiger partial charge in [0.25, 0.3) is 0 Å². The molecule has 2 aromatic carbocycles. The summed E-state index contributed by atoms with van der Waals surface area (Å²) >= 11 is 0. The Morgan fingerprint density at radius 2 is 1.55 bits per heavy atom. The molecule has 2 aromatic heterocycles. The highest BCUT2D eigenvalue weighted by atomic mass is 16.5. The van der Waals surface area contributed by atoms with Gasteiger partial charge >= 0.3 is 5.71 Å². The number of benzene rings is 2. The third-order valence-corrected chi connectivity index (χ3v) is 4.84. The minimum absolute atomic E-state index is 0.0386. The van der Waals surface area contributed by atoms with Crippen molar-refractivity contribution in [3.05, 3.63) is 54.9 Å². The van der Waals surface area contributed by atoms with Crippen LogP contribution in [0.15, 0.2) is 59.3 Å². The Labute approximate surface area is 167 Å². The Bertz CT molecular complexity index is 1140. The van der Waals surface area contributed by atoms with Gasteiger partial charge in [-0.1, -0.05) is 17.1 Å².